The van der Waals surface area contributed by atoms with E-state index < -0.39 is 0 Å². The zero-order valence-corrected chi connectivity index (χ0v) is 12.8. The van der Waals surface area contributed by atoms with Gasteiger partial charge in [0.05, 0.1) is 24.1 Å². The summed E-state index contributed by atoms with van der Waals surface area (Å²) in [5, 5.41) is 3.23. The van der Waals surface area contributed by atoms with E-state index in [1.165, 1.54) is 6.42 Å². The molecule has 1 unspecified atom stereocenters. The molecule has 0 bridgehead atoms. The second kappa shape index (κ2) is 6.64. The maximum absolute atomic E-state index is 12.6. The third-order valence-electron chi connectivity index (χ3n) is 3.98. The second-order valence-electron chi connectivity index (χ2n) is 5.89. The predicted molar refractivity (Wildman–Crippen MR) is 84.6 cm³/mol. The lowest BCUT2D eigenvalue weighted by molar-refractivity contribution is 0.0682. The Balaban J connectivity index is 1.66. The van der Waals surface area contributed by atoms with E-state index in [0.717, 1.165) is 31.0 Å². The summed E-state index contributed by atoms with van der Waals surface area (Å²) < 4.78 is 5.28. The highest BCUT2D eigenvalue weighted by molar-refractivity contribution is 5.94. The summed E-state index contributed by atoms with van der Waals surface area (Å²) in [6.45, 7) is 4.45. The summed E-state index contributed by atoms with van der Waals surface area (Å²) in [5.74, 6) is 1.49. The van der Waals surface area contributed by atoms with E-state index in [1.807, 2.05) is 23.1 Å². The van der Waals surface area contributed by atoms with Crippen molar-refractivity contribution in [2.45, 2.75) is 26.3 Å². The van der Waals surface area contributed by atoms with Crippen LogP contribution in [0.25, 0.3) is 0 Å². The van der Waals surface area contributed by atoms with Crippen LogP contribution in [0.15, 0.2) is 41.3 Å². The van der Waals surface area contributed by atoms with Gasteiger partial charge in [-0.15, -0.1) is 0 Å². The molecule has 0 aromatic carbocycles. The Bertz CT molecular complexity index is 625. The molecule has 1 aliphatic rings. The molecular formula is C17H21N3O2. The van der Waals surface area contributed by atoms with Crippen molar-refractivity contribution in [1.82, 2.24) is 9.88 Å². The zero-order chi connectivity index (χ0) is 15.4. The number of amides is 1. The van der Waals surface area contributed by atoms with E-state index >= 15 is 0 Å². The van der Waals surface area contributed by atoms with Crippen LogP contribution < -0.4 is 5.32 Å². The lowest BCUT2D eigenvalue weighted by atomic mass is 10.00. The van der Waals surface area contributed by atoms with Crippen LogP contribution in [0.1, 0.15) is 35.9 Å². The van der Waals surface area contributed by atoms with Gasteiger partial charge in [-0.2, -0.15) is 0 Å². The van der Waals surface area contributed by atoms with Gasteiger partial charge in [0.1, 0.15) is 5.76 Å². The topological polar surface area (TPSA) is 58.4 Å². The van der Waals surface area contributed by atoms with Crippen LogP contribution in [0, 0.1) is 5.92 Å². The van der Waals surface area contributed by atoms with Crippen molar-refractivity contribution in [3.63, 3.8) is 0 Å². The average Bonchev–Trinajstić information content (AvgIpc) is 3.06. The minimum Gasteiger partial charge on any atom is -0.467 e. The lowest BCUT2D eigenvalue weighted by Gasteiger charge is -2.31. The van der Waals surface area contributed by atoms with E-state index in [2.05, 4.69) is 17.2 Å². The Morgan fingerprint density at radius 1 is 1.50 bits per heavy atom. The number of hydrogen-bond donors (Lipinski definition) is 1. The fourth-order valence-corrected chi connectivity index (χ4v) is 2.81. The van der Waals surface area contributed by atoms with Crippen molar-refractivity contribution in [2.24, 2.45) is 5.92 Å². The highest BCUT2D eigenvalue weighted by Crippen LogP contribution is 2.19. The molecule has 1 N–H and O–H groups in total. The van der Waals surface area contributed by atoms with Gasteiger partial charge in [0.2, 0.25) is 0 Å². The van der Waals surface area contributed by atoms with Gasteiger partial charge >= 0.3 is 0 Å². The zero-order valence-electron chi connectivity index (χ0n) is 12.8. The van der Waals surface area contributed by atoms with Crippen molar-refractivity contribution < 1.29 is 9.21 Å². The van der Waals surface area contributed by atoms with Crippen molar-refractivity contribution >= 4 is 11.6 Å². The maximum atomic E-state index is 12.6. The number of carbonyl (C=O) groups excluding carboxylic acids is 1. The Kier molecular flexibility index (Phi) is 4.42. The molecule has 5 nitrogen and oxygen atoms in total. The average molecular weight is 299 g/mol. The van der Waals surface area contributed by atoms with Gasteiger partial charge in [0.15, 0.2) is 0 Å². The van der Waals surface area contributed by atoms with E-state index in [9.17, 15) is 4.79 Å². The number of carbonyl (C=O) groups is 1. The number of hydrogen-bond acceptors (Lipinski definition) is 4. The smallest absolute Gasteiger partial charge is 0.255 e. The molecule has 2 aromatic heterocycles. The van der Waals surface area contributed by atoms with Crippen LogP contribution in [0.2, 0.25) is 0 Å². The van der Waals surface area contributed by atoms with E-state index in [-0.39, 0.29) is 5.91 Å². The summed E-state index contributed by atoms with van der Waals surface area (Å²) >= 11 is 0. The molecule has 2 aromatic rings. The summed E-state index contributed by atoms with van der Waals surface area (Å²) in [6, 6.07) is 5.62. The molecule has 1 saturated heterocycles. The summed E-state index contributed by atoms with van der Waals surface area (Å²) in [5.41, 5.74) is 1.46. The highest BCUT2D eigenvalue weighted by atomic mass is 16.3. The van der Waals surface area contributed by atoms with Gasteiger partial charge in [-0.1, -0.05) is 6.92 Å². The third kappa shape index (κ3) is 3.47. The van der Waals surface area contributed by atoms with Crippen LogP contribution in [0.5, 0.6) is 0 Å². The molecule has 0 spiro atoms. The van der Waals surface area contributed by atoms with Crippen LogP contribution >= 0.6 is 0 Å². The fourth-order valence-electron chi connectivity index (χ4n) is 2.81. The van der Waals surface area contributed by atoms with E-state index in [4.69, 9.17) is 4.42 Å². The molecule has 3 heterocycles. The summed E-state index contributed by atoms with van der Waals surface area (Å²) in [7, 11) is 0. The highest BCUT2D eigenvalue weighted by Gasteiger charge is 2.22. The Morgan fingerprint density at radius 2 is 2.41 bits per heavy atom. The Morgan fingerprint density at radius 3 is 3.18 bits per heavy atom. The number of anilines is 1. The monoisotopic (exact) mass is 299 g/mol. The third-order valence-corrected chi connectivity index (χ3v) is 3.98. The molecule has 5 heteroatoms. The molecule has 1 fully saturated rings. The number of nitrogens with zero attached hydrogens (tertiary/aromatic N) is 2. The maximum Gasteiger partial charge on any atom is 0.255 e. The summed E-state index contributed by atoms with van der Waals surface area (Å²) in [6.07, 6.45) is 7.29. The SMILES string of the molecule is CC1CCCN(C(=O)c2cncc(NCc3ccco3)c2)C1. The molecular weight excluding hydrogens is 278 g/mol. The van der Waals surface area contributed by atoms with Gasteiger partial charge < -0.3 is 14.6 Å². The quantitative estimate of drug-likeness (QED) is 0.942. The first-order valence-corrected chi connectivity index (χ1v) is 7.73. The predicted octanol–water partition coefficient (Wildman–Crippen LogP) is 3.16. The largest absolute Gasteiger partial charge is 0.467 e. The number of aromatic nitrogens is 1. The lowest BCUT2D eigenvalue weighted by Crippen LogP contribution is -2.39. The first-order valence-electron chi connectivity index (χ1n) is 7.73. The van der Waals surface area contributed by atoms with Crippen molar-refractivity contribution in [2.75, 3.05) is 18.4 Å². The summed E-state index contributed by atoms with van der Waals surface area (Å²) in [4.78, 5) is 18.7. The minimum absolute atomic E-state index is 0.0701. The van der Waals surface area contributed by atoms with Gasteiger partial charge in [-0.3, -0.25) is 9.78 Å². The molecule has 3 rings (SSSR count). The molecule has 116 valence electrons. The van der Waals surface area contributed by atoms with Crippen molar-refractivity contribution in [3.8, 4) is 0 Å². The molecule has 0 saturated carbocycles. The van der Waals surface area contributed by atoms with E-state index in [0.29, 0.717) is 18.0 Å². The normalized spacial score (nSPS) is 18.2. The molecule has 0 radical (unpaired) electrons. The van der Waals surface area contributed by atoms with Crippen LogP contribution in [-0.4, -0.2) is 28.9 Å². The first-order chi connectivity index (χ1) is 10.7. The first kappa shape index (κ1) is 14.6. The standard InChI is InChI=1S/C17H21N3O2/c1-13-4-2-6-20(12-13)17(21)14-8-15(10-18-9-14)19-11-16-5-3-7-22-16/h3,5,7-10,13,19H,2,4,6,11-12H2,1H3. The molecule has 22 heavy (non-hydrogen) atoms. The number of piperidine rings is 1. The van der Waals surface area contributed by atoms with Gasteiger partial charge in [-0.05, 0) is 37.0 Å². The molecule has 0 aliphatic carbocycles. The van der Waals surface area contributed by atoms with Crippen LogP contribution in [-0.2, 0) is 6.54 Å². The van der Waals surface area contributed by atoms with Crippen molar-refractivity contribution in [3.05, 3.63) is 48.2 Å². The second-order valence-corrected chi connectivity index (χ2v) is 5.89. The minimum atomic E-state index is 0.0701. The van der Waals surface area contributed by atoms with Gasteiger partial charge in [0, 0.05) is 25.5 Å². The van der Waals surface area contributed by atoms with Gasteiger partial charge in [-0.25, -0.2) is 0 Å². The van der Waals surface area contributed by atoms with Gasteiger partial charge in [0.25, 0.3) is 5.91 Å². The number of pyridine rings is 1. The number of nitrogens with one attached hydrogen (secondary N) is 1. The van der Waals surface area contributed by atoms with Crippen molar-refractivity contribution in [1.29, 1.82) is 0 Å². The molecule has 1 aliphatic heterocycles. The number of furan rings is 1. The Hall–Kier alpha value is -2.30. The Labute approximate surface area is 130 Å². The molecule has 1 amide bonds. The van der Waals surface area contributed by atoms with Crippen LogP contribution in [0.4, 0.5) is 5.69 Å². The number of rotatable bonds is 4. The van der Waals surface area contributed by atoms with Crippen LogP contribution in [0.3, 0.4) is 0 Å². The number of likely N-dealkylation sites (tertiary alicyclic amines) is 1. The molecule has 1 atom stereocenters. The van der Waals surface area contributed by atoms with E-state index in [1.54, 1.807) is 18.7 Å². The fraction of sp³-hybridized carbons (Fsp3) is 0.412.